The average Bonchev–Trinajstić information content (AvgIpc) is 2.76. The molecule has 0 aliphatic carbocycles. The number of anilines is 1. The van der Waals surface area contributed by atoms with E-state index in [4.69, 9.17) is 0 Å². The van der Waals surface area contributed by atoms with Gasteiger partial charge < -0.3 is 15.5 Å². The molecule has 7 heteroatoms. The lowest BCUT2D eigenvalue weighted by atomic mass is 9.85. The van der Waals surface area contributed by atoms with Gasteiger partial charge in [0.2, 0.25) is 5.91 Å². The SMILES string of the molecule is CNc1ncccc1C(=O)N1CCC2(CC1)C(=O)NCCCN2C. The number of carbonyl (C=O) groups is 2. The van der Waals surface area contributed by atoms with E-state index in [-0.39, 0.29) is 11.8 Å². The molecule has 24 heavy (non-hydrogen) atoms. The van der Waals surface area contributed by atoms with Gasteiger partial charge >= 0.3 is 0 Å². The lowest BCUT2D eigenvalue weighted by molar-refractivity contribution is -0.134. The number of nitrogens with zero attached hydrogens (tertiary/aromatic N) is 3. The van der Waals surface area contributed by atoms with Crippen molar-refractivity contribution in [3.63, 3.8) is 0 Å². The van der Waals surface area contributed by atoms with E-state index in [9.17, 15) is 9.59 Å². The molecule has 1 spiro atoms. The summed E-state index contributed by atoms with van der Waals surface area (Å²) in [5, 5.41) is 5.99. The van der Waals surface area contributed by atoms with Crippen molar-refractivity contribution >= 4 is 17.6 Å². The number of likely N-dealkylation sites (tertiary alicyclic amines) is 1. The fourth-order valence-electron chi connectivity index (χ4n) is 3.71. The first-order valence-corrected chi connectivity index (χ1v) is 8.50. The van der Waals surface area contributed by atoms with Crippen LogP contribution in [-0.4, -0.2) is 72.4 Å². The van der Waals surface area contributed by atoms with Gasteiger partial charge in [-0.2, -0.15) is 0 Å². The van der Waals surface area contributed by atoms with E-state index < -0.39 is 5.54 Å². The number of rotatable bonds is 2. The average molecular weight is 331 g/mol. The van der Waals surface area contributed by atoms with Gasteiger partial charge in [0.25, 0.3) is 5.91 Å². The van der Waals surface area contributed by atoms with Crippen LogP contribution in [-0.2, 0) is 4.79 Å². The van der Waals surface area contributed by atoms with E-state index in [0.717, 1.165) is 19.5 Å². The van der Waals surface area contributed by atoms with Crippen LogP contribution >= 0.6 is 0 Å². The molecule has 2 aliphatic rings. The summed E-state index contributed by atoms with van der Waals surface area (Å²) in [5.74, 6) is 0.665. The molecule has 0 atom stereocenters. The van der Waals surface area contributed by atoms with Gasteiger partial charge in [0.05, 0.1) is 5.56 Å². The van der Waals surface area contributed by atoms with Crippen LogP contribution in [0.25, 0.3) is 0 Å². The van der Waals surface area contributed by atoms with Gasteiger partial charge in [0.15, 0.2) is 0 Å². The minimum Gasteiger partial charge on any atom is -0.372 e. The number of nitrogens with one attached hydrogen (secondary N) is 2. The molecule has 0 aromatic carbocycles. The predicted octanol–water partition coefficient (Wildman–Crippen LogP) is 0.550. The van der Waals surface area contributed by atoms with Crippen LogP contribution < -0.4 is 10.6 Å². The van der Waals surface area contributed by atoms with Crippen molar-refractivity contribution in [3.8, 4) is 0 Å². The van der Waals surface area contributed by atoms with Crippen LogP contribution in [0.3, 0.4) is 0 Å². The number of aromatic nitrogens is 1. The molecule has 0 radical (unpaired) electrons. The molecule has 2 aliphatic heterocycles. The summed E-state index contributed by atoms with van der Waals surface area (Å²) < 4.78 is 0. The molecule has 3 rings (SSSR count). The quantitative estimate of drug-likeness (QED) is 0.828. The van der Waals surface area contributed by atoms with Crippen molar-refractivity contribution in [1.82, 2.24) is 20.1 Å². The Morgan fingerprint density at radius 1 is 1.33 bits per heavy atom. The number of amides is 2. The highest BCUT2D eigenvalue weighted by Gasteiger charge is 2.46. The van der Waals surface area contributed by atoms with Crippen molar-refractivity contribution in [2.75, 3.05) is 45.6 Å². The monoisotopic (exact) mass is 331 g/mol. The number of carbonyl (C=O) groups excluding carboxylic acids is 2. The van der Waals surface area contributed by atoms with E-state index in [0.29, 0.717) is 37.3 Å². The number of piperidine rings is 1. The molecule has 7 nitrogen and oxygen atoms in total. The fraction of sp³-hybridized carbons (Fsp3) is 0.588. The summed E-state index contributed by atoms with van der Waals surface area (Å²) >= 11 is 0. The number of likely N-dealkylation sites (N-methyl/N-ethyl adjacent to an activating group) is 1. The third kappa shape index (κ3) is 2.84. The molecule has 0 bridgehead atoms. The summed E-state index contributed by atoms with van der Waals surface area (Å²) in [6.07, 6.45) is 3.96. The Morgan fingerprint density at radius 3 is 2.79 bits per heavy atom. The molecule has 2 saturated heterocycles. The minimum atomic E-state index is -0.478. The van der Waals surface area contributed by atoms with E-state index in [1.165, 1.54) is 0 Å². The largest absolute Gasteiger partial charge is 0.372 e. The van der Waals surface area contributed by atoms with Crippen molar-refractivity contribution in [1.29, 1.82) is 0 Å². The second kappa shape index (κ2) is 6.76. The summed E-state index contributed by atoms with van der Waals surface area (Å²) in [7, 11) is 3.78. The lowest BCUT2D eigenvalue weighted by Crippen LogP contribution is -2.61. The van der Waals surface area contributed by atoms with Gasteiger partial charge in [-0.3, -0.25) is 14.5 Å². The van der Waals surface area contributed by atoms with E-state index >= 15 is 0 Å². The molecule has 1 aromatic heterocycles. The van der Waals surface area contributed by atoms with Gasteiger partial charge in [0, 0.05) is 39.4 Å². The van der Waals surface area contributed by atoms with E-state index in [1.807, 2.05) is 11.9 Å². The Labute approximate surface area is 142 Å². The van der Waals surface area contributed by atoms with Crippen molar-refractivity contribution < 1.29 is 9.59 Å². The van der Waals surface area contributed by atoms with Crippen LogP contribution in [0.1, 0.15) is 29.6 Å². The van der Waals surface area contributed by atoms with Gasteiger partial charge in [-0.05, 0) is 38.4 Å². The molecule has 2 N–H and O–H groups in total. The Hall–Kier alpha value is -2.15. The third-order valence-electron chi connectivity index (χ3n) is 5.26. The normalized spacial score (nSPS) is 21.2. The van der Waals surface area contributed by atoms with Crippen LogP contribution in [0.4, 0.5) is 5.82 Å². The maximum atomic E-state index is 12.8. The van der Waals surface area contributed by atoms with E-state index in [1.54, 1.807) is 25.4 Å². The molecule has 0 unspecified atom stereocenters. The maximum Gasteiger partial charge on any atom is 0.257 e. The third-order valence-corrected chi connectivity index (χ3v) is 5.26. The minimum absolute atomic E-state index is 0.0287. The van der Waals surface area contributed by atoms with Crippen LogP contribution in [0.5, 0.6) is 0 Å². The fourth-order valence-corrected chi connectivity index (χ4v) is 3.71. The Kier molecular flexibility index (Phi) is 4.71. The first kappa shape index (κ1) is 16.7. The summed E-state index contributed by atoms with van der Waals surface area (Å²) in [5.41, 5.74) is 0.100. The highest BCUT2D eigenvalue weighted by molar-refractivity contribution is 5.99. The highest BCUT2D eigenvalue weighted by Crippen LogP contribution is 2.31. The molecule has 2 amide bonds. The van der Waals surface area contributed by atoms with Crippen LogP contribution in [0.15, 0.2) is 18.3 Å². The molecule has 2 fully saturated rings. The molecule has 1 aromatic rings. The van der Waals surface area contributed by atoms with Crippen molar-refractivity contribution in [2.24, 2.45) is 0 Å². The second-order valence-electron chi connectivity index (χ2n) is 6.50. The van der Waals surface area contributed by atoms with Gasteiger partial charge in [-0.15, -0.1) is 0 Å². The maximum absolute atomic E-state index is 12.8. The summed E-state index contributed by atoms with van der Waals surface area (Å²) in [6, 6.07) is 3.56. The first-order chi connectivity index (χ1) is 11.6. The molecule has 0 saturated carbocycles. The zero-order valence-corrected chi connectivity index (χ0v) is 14.3. The zero-order valence-electron chi connectivity index (χ0n) is 14.3. The lowest BCUT2D eigenvalue weighted by Gasteiger charge is -2.45. The number of pyridine rings is 1. The molecule has 130 valence electrons. The van der Waals surface area contributed by atoms with E-state index in [2.05, 4.69) is 20.5 Å². The first-order valence-electron chi connectivity index (χ1n) is 8.50. The van der Waals surface area contributed by atoms with Gasteiger partial charge in [-0.1, -0.05) is 0 Å². The predicted molar refractivity (Wildman–Crippen MR) is 91.9 cm³/mol. The second-order valence-corrected chi connectivity index (χ2v) is 6.50. The number of hydrogen-bond donors (Lipinski definition) is 2. The smallest absolute Gasteiger partial charge is 0.257 e. The molecular formula is C17H25N5O2. The molecule has 3 heterocycles. The van der Waals surface area contributed by atoms with Crippen LogP contribution in [0.2, 0.25) is 0 Å². The summed E-state index contributed by atoms with van der Waals surface area (Å²) in [4.78, 5) is 33.6. The van der Waals surface area contributed by atoms with Gasteiger partial charge in [-0.25, -0.2) is 4.98 Å². The summed E-state index contributed by atoms with van der Waals surface area (Å²) in [6.45, 7) is 2.79. The number of hydrogen-bond acceptors (Lipinski definition) is 5. The Bertz CT molecular complexity index is 625. The Balaban J connectivity index is 1.74. The Morgan fingerprint density at radius 2 is 2.08 bits per heavy atom. The zero-order chi connectivity index (χ0) is 17.2. The van der Waals surface area contributed by atoms with Crippen LogP contribution in [0, 0.1) is 0 Å². The molecular weight excluding hydrogens is 306 g/mol. The topological polar surface area (TPSA) is 77.6 Å². The van der Waals surface area contributed by atoms with Crippen molar-refractivity contribution in [3.05, 3.63) is 23.9 Å². The van der Waals surface area contributed by atoms with Gasteiger partial charge in [0.1, 0.15) is 11.4 Å². The highest BCUT2D eigenvalue weighted by atomic mass is 16.2. The van der Waals surface area contributed by atoms with Crippen molar-refractivity contribution in [2.45, 2.75) is 24.8 Å². The standard InChI is InChI=1S/C17H25N5O2/c1-18-14-13(5-3-8-19-14)15(23)22-11-6-17(7-12-22)16(24)20-9-4-10-21(17)2/h3,5,8H,4,6-7,9-12H2,1-2H3,(H,18,19)(H,20,24).